The highest BCUT2D eigenvalue weighted by molar-refractivity contribution is 5.37. The predicted octanol–water partition coefficient (Wildman–Crippen LogP) is 3.18. The van der Waals surface area contributed by atoms with Crippen molar-refractivity contribution in [3.8, 4) is 5.75 Å². The Hall–Kier alpha value is -1.06. The smallest absolute Gasteiger partial charge is 0.123 e. The topological polar surface area (TPSA) is 41.5 Å². The predicted molar refractivity (Wildman–Crippen MR) is 82.1 cm³/mol. The van der Waals surface area contributed by atoms with E-state index in [1.165, 1.54) is 24.0 Å². The maximum absolute atomic E-state index is 10.3. The molecule has 0 atom stereocenters. The Morgan fingerprint density at radius 2 is 2.00 bits per heavy atom. The molecular formula is C17H27NO2. The van der Waals surface area contributed by atoms with Gasteiger partial charge in [0, 0.05) is 18.2 Å². The Kier molecular flexibility index (Phi) is 5.06. The van der Waals surface area contributed by atoms with Crippen LogP contribution in [0.5, 0.6) is 5.75 Å². The molecule has 3 nitrogen and oxygen atoms in total. The number of benzene rings is 1. The number of aliphatic hydroxyl groups is 1. The van der Waals surface area contributed by atoms with Crippen molar-refractivity contribution in [2.45, 2.75) is 64.6 Å². The second-order valence-electron chi connectivity index (χ2n) is 5.99. The fourth-order valence-corrected chi connectivity index (χ4v) is 2.20. The quantitative estimate of drug-likeness (QED) is 0.767. The SMILES string of the molecule is CCC(O)(CC)COc1ccc(C)cc1CNC1CC1. The van der Waals surface area contributed by atoms with Crippen molar-refractivity contribution in [2.75, 3.05) is 6.61 Å². The van der Waals surface area contributed by atoms with Crippen LogP contribution in [0.2, 0.25) is 0 Å². The second-order valence-corrected chi connectivity index (χ2v) is 5.99. The second kappa shape index (κ2) is 6.59. The van der Waals surface area contributed by atoms with Gasteiger partial charge in [-0.25, -0.2) is 0 Å². The van der Waals surface area contributed by atoms with Crippen molar-refractivity contribution in [1.29, 1.82) is 0 Å². The van der Waals surface area contributed by atoms with Gasteiger partial charge < -0.3 is 15.2 Å². The molecule has 0 aromatic heterocycles. The molecule has 2 N–H and O–H groups in total. The molecule has 0 aliphatic heterocycles. The van der Waals surface area contributed by atoms with Crippen LogP contribution in [0.15, 0.2) is 18.2 Å². The zero-order valence-corrected chi connectivity index (χ0v) is 12.9. The molecule has 112 valence electrons. The largest absolute Gasteiger partial charge is 0.490 e. The molecule has 0 unspecified atom stereocenters. The summed E-state index contributed by atoms with van der Waals surface area (Å²) >= 11 is 0. The number of aryl methyl sites for hydroxylation is 1. The Labute approximate surface area is 122 Å². The molecule has 0 spiro atoms. The summed E-state index contributed by atoms with van der Waals surface area (Å²) in [4.78, 5) is 0. The maximum atomic E-state index is 10.3. The molecule has 0 amide bonds. The van der Waals surface area contributed by atoms with Crippen molar-refractivity contribution in [3.63, 3.8) is 0 Å². The van der Waals surface area contributed by atoms with Crippen LogP contribution in [0.3, 0.4) is 0 Å². The highest BCUT2D eigenvalue weighted by atomic mass is 16.5. The van der Waals surface area contributed by atoms with Gasteiger partial charge in [-0.05, 0) is 38.7 Å². The van der Waals surface area contributed by atoms with E-state index >= 15 is 0 Å². The lowest BCUT2D eigenvalue weighted by atomic mass is 9.99. The van der Waals surface area contributed by atoms with Gasteiger partial charge in [-0.2, -0.15) is 0 Å². The minimum Gasteiger partial charge on any atom is -0.490 e. The summed E-state index contributed by atoms with van der Waals surface area (Å²) in [7, 11) is 0. The normalized spacial score (nSPS) is 15.4. The third kappa shape index (κ3) is 4.22. The summed E-state index contributed by atoms with van der Waals surface area (Å²) in [5.74, 6) is 0.893. The third-order valence-corrected chi connectivity index (χ3v) is 4.19. The fourth-order valence-electron chi connectivity index (χ4n) is 2.20. The van der Waals surface area contributed by atoms with E-state index in [1.807, 2.05) is 19.9 Å². The summed E-state index contributed by atoms with van der Waals surface area (Å²) in [6.45, 7) is 7.30. The van der Waals surface area contributed by atoms with Gasteiger partial charge in [-0.3, -0.25) is 0 Å². The van der Waals surface area contributed by atoms with Gasteiger partial charge in [0.2, 0.25) is 0 Å². The van der Waals surface area contributed by atoms with E-state index in [0.29, 0.717) is 25.5 Å². The summed E-state index contributed by atoms with van der Waals surface area (Å²) < 4.78 is 5.90. The average molecular weight is 277 g/mol. The molecular weight excluding hydrogens is 250 g/mol. The first-order valence-corrected chi connectivity index (χ1v) is 7.74. The van der Waals surface area contributed by atoms with Crippen molar-refractivity contribution in [1.82, 2.24) is 5.32 Å². The first kappa shape index (κ1) is 15.3. The fraction of sp³-hybridized carbons (Fsp3) is 0.647. The molecule has 0 heterocycles. The van der Waals surface area contributed by atoms with Gasteiger partial charge in [-0.1, -0.05) is 31.5 Å². The average Bonchev–Trinajstić information content (AvgIpc) is 3.28. The summed E-state index contributed by atoms with van der Waals surface area (Å²) in [5.41, 5.74) is 1.71. The van der Waals surface area contributed by atoms with Gasteiger partial charge in [-0.15, -0.1) is 0 Å². The van der Waals surface area contributed by atoms with Crippen LogP contribution in [0, 0.1) is 6.92 Å². The van der Waals surface area contributed by atoms with Gasteiger partial charge in [0.25, 0.3) is 0 Å². The van der Waals surface area contributed by atoms with Crippen LogP contribution >= 0.6 is 0 Å². The van der Waals surface area contributed by atoms with E-state index in [-0.39, 0.29) is 0 Å². The summed E-state index contributed by atoms with van der Waals surface area (Å²) in [6, 6.07) is 6.94. The van der Waals surface area contributed by atoms with Crippen LogP contribution in [0.4, 0.5) is 0 Å². The van der Waals surface area contributed by atoms with Crippen LogP contribution in [0.25, 0.3) is 0 Å². The Bertz CT molecular complexity index is 437. The van der Waals surface area contributed by atoms with E-state index in [1.54, 1.807) is 0 Å². The van der Waals surface area contributed by atoms with Crippen molar-refractivity contribution >= 4 is 0 Å². The third-order valence-electron chi connectivity index (χ3n) is 4.19. The molecule has 1 aliphatic rings. The highest BCUT2D eigenvalue weighted by Crippen LogP contribution is 2.25. The lowest BCUT2D eigenvalue weighted by Gasteiger charge is -2.26. The number of hydrogen-bond donors (Lipinski definition) is 2. The van der Waals surface area contributed by atoms with Gasteiger partial charge in [0.1, 0.15) is 12.4 Å². The van der Waals surface area contributed by atoms with E-state index in [9.17, 15) is 5.11 Å². The van der Waals surface area contributed by atoms with E-state index in [4.69, 9.17) is 4.74 Å². The van der Waals surface area contributed by atoms with Gasteiger partial charge >= 0.3 is 0 Å². The first-order chi connectivity index (χ1) is 9.56. The van der Waals surface area contributed by atoms with Crippen molar-refractivity contribution in [3.05, 3.63) is 29.3 Å². The molecule has 1 saturated carbocycles. The monoisotopic (exact) mass is 277 g/mol. The number of hydrogen-bond acceptors (Lipinski definition) is 3. The molecule has 2 rings (SSSR count). The molecule has 0 saturated heterocycles. The van der Waals surface area contributed by atoms with E-state index in [2.05, 4.69) is 24.4 Å². The molecule has 20 heavy (non-hydrogen) atoms. The Balaban J connectivity index is 2.01. The number of nitrogens with one attached hydrogen (secondary N) is 1. The van der Waals surface area contributed by atoms with Gasteiger partial charge in [0.05, 0.1) is 5.60 Å². The first-order valence-electron chi connectivity index (χ1n) is 7.74. The minimum absolute atomic E-state index is 0.361. The molecule has 1 fully saturated rings. The molecule has 1 aromatic rings. The number of rotatable bonds is 8. The maximum Gasteiger partial charge on any atom is 0.123 e. The Morgan fingerprint density at radius 1 is 1.30 bits per heavy atom. The minimum atomic E-state index is -0.716. The summed E-state index contributed by atoms with van der Waals surface area (Å²) in [6.07, 6.45) is 4.00. The lowest BCUT2D eigenvalue weighted by Crippen LogP contribution is -2.34. The lowest BCUT2D eigenvalue weighted by molar-refractivity contribution is -0.0116. The van der Waals surface area contributed by atoms with E-state index < -0.39 is 5.60 Å². The Morgan fingerprint density at radius 3 is 2.60 bits per heavy atom. The standard InChI is InChI=1S/C17H27NO2/c1-4-17(19,5-2)12-20-16-9-6-13(3)10-14(16)11-18-15-7-8-15/h6,9-10,15,18-19H,4-5,7-8,11-12H2,1-3H3. The van der Waals surface area contributed by atoms with Crippen LogP contribution in [-0.4, -0.2) is 23.4 Å². The zero-order chi connectivity index (χ0) is 14.6. The molecule has 1 aliphatic carbocycles. The van der Waals surface area contributed by atoms with Gasteiger partial charge in [0.15, 0.2) is 0 Å². The van der Waals surface area contributed by atoms with Crippen LogP contribution in [0.1, 0.15) is 50.7 Å². The molecule has 3 heteroatoms. The summed E-state index contributed by atoms with van der Waals surface area (Å²) in [5, 5.41) is 13.8. The molecule has 0 radical (unpaired) electrons. The van der Waals surface area contributed by atoms with Crippen LogP contribution in [-0.2, 0) is 6.54 Å². The van der Waals surface area contributed by atoms with Crippen molar-refractivity contribution in [2.24, 2.45) is 0 Å². The van der Waals surface area contributed by atoms with E-state index in [0.717, 1.165) is 12.3 Å². The zero-order valence-electron chi connectivity index (χ0n) is 12.9. The highest BCUT2D eigenvalue weighted by Gasteiger charge is 2.24. The van der Waals surface area contributed by atoms with Crippen molar-refractivity contribution < 1.29 is 9.84 Å². The van der Waals surface area contributed by atoms with Crippen LogP contribution < -0.4 is 10.1 Å². The number of ether oxygens (including phenoxy) is 1. The molecule has 1 aromatic carbocycles. The molecule has 0 bridgehead atoms.